The summed E-state index contributed by atoms with van der Waals surface area (Å²) in [6.45, 7) is 32.1. The Bertz CT molecular complexity index is 1970. The van der Waals surface area contributed by atoms with E-state index in [1.807, 2.05) is 128 Å². The van der Waals surface area contributed by atoms with E-state index in [2.05, 4.69) is 0 Å². The second-order valence-corrected chi connectivity index (χ2v) is 21.5. The molecule has 0 fully saturated rings. The maximum atomic E-state index is 14.6. The number of hydrogen-bond donors (Lipinski definition) is 4. The fraction of sp³-hybridized carbons (Fsp3) is 0.553. The Kier molecular flexibility index (Phi) is 11.6. The topological polar surface area (TPSA) is 147 Å². The monoisotopic (exact) mass is 785 g/mol. The molecule has 4 rings (SSSR count). The highest BCUT2D eigenvalue weighted by Crippen LogP contribution is 2.42. The quantitative estimate of drug-likeness (QED) is 0.148. The molecule has 312 valence electrons. The molecule has 1 aromatic heterocycles. The molecule has 0 unspecified atom stereocenters. The lowest BCUT2D eigenvalue weighted by Gasteiger charge is -2.29. The molecular weight excluding hydrogens is 719 g/mol. The minimum Gasteiger partial charge on any atom is -0.507 e. The van der Waals surface area contributed by atoms with Crippen molar-refractivity contribution in [2.24, 2.45) is 0 Å². The Morgan fingerprint density at radius 2 is 0.544 bits per heavy atom. The third-order valence-corrected chi connectivity index (χ3v) is 10.6. The normalized spacial score (nSPS) is 13.4. The highest BCUT2D eigenvalue weighted by molar-refractivity contribution is 5.52. The Morgan fingerprint density at radius 3 is 0.719 bits per heavy atom. The second-order valence-electron chi connectivity index (χ2n) is 21.5. The summed E-state index contributed by atoms with van der Waals surface area (Å²) in [6, 6.07) is 10.6. The zero-order valence-corrected chi connectivity index (χ0v) is 37.4. The van der Waals surface area contributed by atoms with Gasteiger partial charge in [0.2, 0.25) is 0 Å². The van der Waals surface area contributed by atoms with E-state index in [4.69, 9.17) is 0 Å². The van der Waals surface area contributed by atoms with Crippen molar-refractivity contribution < 1.29 is 20.4 Å². The van der Waals surface area contributed by atoms with Crippen LogP contribution in [0.3, 0.4) is 0 Å². The molecular formula is C47H67N3O7. The number of aromatic nitrogens is 3. The molecule has 1 heterocycles. The Labute approximate surface area is 338 Å². The average Bonchev–Trinajstić information content (AvgIpc) is 3.02. The van der Waals surface area contributed by atoms with Gasteiger partial charge in [-0.1, -0.05) is 104 Å². The molecule has 0 saturated heterocycles. The maximum absolute atomic E-state index is 14.6. The third-order valence-electron chi connectivity index (χ3n) is 10.6. The number of rotatable bonds is 7. The van der Waals surface area contributed by atoms with E-state index < -0.39 is 49.7 Å². The standard InChI is InChI=1S/C47H67N3O7/c1-42(2,3)30-18-27(19-31(36(30)51)43(4,5)6)24-48-39(54)49(25-28-20-32(44(7,8)9)37(52)33(21-28)45(10,11)12)41(56)50(40(48)55)26-29-22-34(46(13,14)15)38(53)35(23-29)47(16,17)57/h18-23,51-53,57H,24-26H2,1-17H3. The summed E-state index contributed by atoms with van der Waals surface area (Å²) >= 11 is 0. The highest BCUT2D eigenvalue weighted by Gasteiger charge is 2.31. The number of aliphatic hydroxyl groups is 1. The van der Waals surface area contributed by atoms with Crippen LogP contribution in [0.4, 0.5) is 0 Å². The molecule has 0 radical (unpaired) electrons. The highest BCUT2D eigenvalue weighted by atomic mass is 16.3. The zero-order valence-electron chi connectivity index (χ0n) is 37.4. The molecule has 0 bridgehead atoms. The minimum absolute atomic E-state index is 0.0678. The summed E-state index contributed by atoms with van der Waals surface area (Å²) in [6.07, 6.45) is 0. The van der Waals surface area contributed by atoms with Crippen LogP contribution in [0, 0.1) is 0 Å². The number of phenolic OH excluding ortho intramolecular Hbond substituents is 3. The van der Waals surface area contributed by atoms with Crippen LogP contribution in [0.15, 0.2) is 50.8 Å². The first-order valence-electron chi connectivity index (χ1n) is 19.8. The predicted octanol–water partition coefficient (Wildman–Crippen LogP) is 8.15. The predicted molar refractivity (Wildman–Crippen MR) is 230 cm³/mol. The molecule has 10 heteroatoms. The van der Waals surface area contributed by atoms with Crippen molar-refractivity contribution in [2.75, 3.05) is 0 Å². The van der Waals surface area contributed by atoms with Gasteiger partial charge in [-0.25, -0.2) is 28.1 Å². The number of nitrogens with zero attached hydrogens (tertiary/aromatic N) is 3. The van der Waals surface area contributed by atoms with Crippen LogP contribution in [0.25, 0.3) is 0 Å². The molecule has 0 aliphatic heterocycles. The van der Waals surface area contributed by atoms with Crippen LogP contribution in [-0.4, -0.2) is 34.1 Å². The van der Waals surface area contributed by atoms with Crippen LogP contribution in [0.5, 0.6) is 17.2 Å². The molecule has 0 aliphatic rings. The van der Waals surface area contributed by atoms with Crippen molar-refractivity contribution in [1.82, 2.24) is 13.7 Å². The van der Waals surface area contributed by atoms with Gasteiger partial charge in [-0.05, 0) is 122 Å². The molecule has 10 nitrogen and oxygen atoms in total. The van der Waals surface area contributed by atoms with Gasteiger partial charge in [-0.15, -0.1) is 0 Å². The first-order chi connectivity index (χ1) is 25.5. The fourth-order valence-electron chi connectivity index (χ4n) is 7.32. The van der Waals surface area contributed by atoms with Crippen molar-refractivity contribution in [3.05, 3.63) is 118 Å². The van der Waals surface area contributed by atoms with Crippen LogP contribution in [0.2, 0.25) is 0 Å². The Balaban J connectivity index is 2.12. The van der Waals surface area contributed by atoms with Gasteiger partial charge >= 0.3 is 17.1 Å². The van der Waals surface area contributed by atoms with Gasteiger partial charge < -0.3 is 20.4 Å². The van der Waals surface area contributed by atoms with Gasteiger partial charge in [0.25, 0.3) is 0 Å². The van der Waals surface area contributed by atoms with Crippen molar-refractivity contribution in [2.45, 2.75) is 170 Å². The SMILES string of the molecule is CC(C)(C)c1cc(Cn2c(=O)n(Cc3cc(C(C)(C)C)c(O)c(C(C)(C)C)c3)c(=O)n(Cc3cc(C(C)(C)C)c(O)c(C(C)(C)O)c3)c2=O)cc(C(C)(C)C)c1O. The lowest BCUT2D eigenvalue weighted by molar-refractivity contribution is 0.0754. The average molecular weight is 786 g/mol. The van der Waals surface area contributed by atoms with E-state index >= 15 is 0 Å². The summed E-state index contributed by atoms with van der Waals surface area (Å²) in [7, 11) is 0. The molecule has 4 N–H and O–H groups in total. The third kappa shape index (κ3) is 9.43. The molecule has 0 saturated carbocycles. The van der Waals surface area contributed by atoms with Gasteiger partial charge in [0, 0.05) is 5.56 Å². The van der Waals surface area contributed by atoms with Gasteiger partial charge in [0.15, 0.2) is 0 Å². The molecule has 0 atom stereocenters. The number of hydrogen-bond acceptors (Lipinski definition) is 7. The molecule has 3 aromatic carbocycles. The van der Waals surface area contributed by atoms with Crippen molar-refractivity contribution >= 4 is 0 Å². The summed E-state index contributed by atoms with van der Waals surface area (Å²) in [4.78, 5) is 43.9. The van der Waals surface area contributed by atoms with Gasteiger partial charge in [-0.3, -0.25) is 0 Å². The summed E-state index contributed by atoms with van der Waals surface area (Å²) in [5.41, 5.74) is -1.22. The first-order valence-corrected chi connectivity index (χ1v) is 19.8. The molecule has 57 heavy (non-hydrogen) atoms. The molecule has 0 spiro atoms. The first kappa shape index (κ1) is 45.1. The van der Waals surface area contributed by atoms with Crippen LogP contribution < -0.4 is 17.1 Å². The molecule has 0 amide bonds. The lowest BCUT2D eigenvalue weighted by atomic mass is 9.78. The van der Waals surface area contributed by atoms with E-state index in [0.29, 0.717) is 44.5 Å². The Morgan fingerprint density at radius 1 is 0.368 bits per heavy atom. The van der Waals surface area contributed by atoms with Crippen molar-refractivity contribution in [3.8, 4) is 17.2 Å². The van der Waals surface area contributed by atoms with E-state index in [1.54, 1.807) is 26.0 Å². The summed E-state index contributed by atoms with van der Waals surface area (Å²) < 4.78 is 3.15. The molecule has 4 aromatic rings. The van der Waals surface area contributed by atoms with E-state index in [0.717, 1.165) is 13.7 Å². The van der Waals surface area contributed by atoms with Crippen LogP contribution >= 0.6 is 0 Å². The van der Waals surface area contributed by atoms with Gasteiger partial charge in [-0.2, -0.15) is 0 Å². The summed E-state index contributed by atoms with van der Waals surface area (Å²) in [5.74, 6) is 0.256. The summed E-state index contributed by atoms with van der Waals surface area (Å²) in [5, 5.41) is 45.3. The van der Waals surface area contributed by atoms with Gasteiger partial charge in [0.05, 0.1) is 25.2 Å². The lowest BCUT2D eigenvalue weighted by Crippen LogP contribution is -2.55. The van der Waals surface area contributed by atoms with Crippen molar-refractivity contribution in [1.29, 1.82) is 0 Å². The minimum atomic E-state index is -1.45. The zero-order chi connectivity index (χ0) is 43.8. The largest absolute Gasteiger partial charge is 0.507 e. The number of aromatic hydroxyl groups is 3. The van der Waals surface area contributed by atoms with Gasteiger partial charge in [0.1, 0.15) is 17.2 Å². The smallest absolute Gasteiger partial charge is 0.336 e. The van der Waals surface area contributed by atoms with E-state index in [1.165, 1.54) is 0 Å². The Hall–Kier alpha value is -4.57. The van der Waals surface area contributed by atoms with E-state index in [9.17, 15) is 34.8 Å². The van der Waals surface area contributed by atoms with Crippen LogP contribution in [0.1, 0.15) is 168 Å². The van der Waals surface area contributed by atoms with Crippen molar-refractivity contribution in [3.63, 3.8) is 0 Å². The second kappa shape index (κ2) is 14.7. The van der Waals surface area contributed by atoms with E-state index in [-0.39, 0.29) is 42.4 Å². The number of benzene rings is 3. The van der Waals surface area contributed by atoms with Crippen LogP contribution in [-0.2, 0) is 52.3 Å². The fourth-order valence-corrected chi connectivity index (χ4v) is 7.32. The maximum Gasteiger partial charge on any atom is 0.336 e. The molecule has 0 aliphatic carbocycles. The number of phenols is 3.